The maximum atomic E-state index is 11.9. The van der Waals surface area contributed by atoms with Gasteiger partial charge in [-0.2, -0.15) is 5.10 Å². The lowest BCUT2D eigenvalue weighted by Gasteiger charge is -2.12. The number of carbonyl (C=O) groups excluding carboxylic acids is 1. The van der Waals surface area contributed by atoms with Crippen LogP contribution < -0.4 is 10.3 Å². The van der Waals surface area contributed by atoms with Crippen molar-refractivity contribution < 1.29 is 9.90 Å². The Bertz CT molecular complexity index is 649. The number of rotatable bonds is 4. The molecule has 0 saturated heterocycles. The molecule has 0 aliphatic heterocycles. The zero-order valence-corrected chi connectivity index (χ0v) is 11.9. The second-order valence-electron chi connectivity index (χ2n) is 4.70. The topological polar surface area (TPSA) is 64.9 Å². The summed E-state index contributed by atoms with van der Waals surface area (Å²) in [5.74, 6) is -0.183. The molecule has 2 aromatic rings. The number of phenolic OH excluding ortho intramolecular Hbond substituents is 1. The van der Waals surface area contributed by atoms with Crippen molar-refractivity contribution in [2.75, 3.05) is 19.0 Å². The number of amides is 1. The van der Waals surface area contributed by atoms with Crippen LogP contribution in [0.3, 0.4) is 0 Å². The highest BCUT2D eigenvalue weighted by atomic mass is 16.3. The Kier molecular flexibility index (Phi) is 4.56. The number of carbonyl (C=O) groups is 1. The van der Waals surface area contributed by atoms with Crippen LogP contribution in [0.1, 0.15) is 15.9 Å². The molecule has 0 aromatic heterocycles. The van der Waals surface area contributed by atoms with Crippen molar-refractivity contribution in [2.24, 2.45) is 5.10 Å². The van der Waals surface area contributed by atoms with E-state index in [1.54, 1.807) is 36.4 Å². The summed E-state index contributed by atoms with van der Waals surface area (Å²) in [5, 5.41) is 13.4. The predicted octanol–water partition coefficient (Wildman–Crippen LogP) is 2.22. The van der Waals surface area contributed by atoms with Gasteiger partial charge in [0.1, 0.15) is 5.75 Å². The number of nitrogens with one attached hydrogen (secondary N) is 1. The van der Waals surface area contributed by atoms with Gasteiger partial charge in [-0.05, 0) is 36.4 Å². The van der Waals surface area contributed by atoms with E-state index in [4.69, 9.17) is 0 Å². The Labute approximate surface area is 123 Å². The van der Waals surface area contributed by atoms with E-state index in [2.05, 4.69) is 10.5 Å². The van der Waals surface area contributed by atoms with Crippen LogP contribution >= 0.6 is 0 Å². The summed E-state index contributed by atoms with van der Waals surface area (Å²) < 4.78 is 0. The standard InChI is InChI=1S/C16H17N3O2/c1-19(2)14-9-7-12(8-10-14)16(21)18-17-11-13-5-3-4-6-15(13)20/h3-11,20H,1-2H3,(H,18,21). The Morgan fingerprint density at radius 3 is 2.43 bits per heavy atom. The summed E-state index contributed by atoms with van der Waals surface area (Å²) in [7, 11) is 3.87. The van der Waals surface area contributed by atoms with E-state index in [0.29, 0.717) is 11.1 Å². The third kappa shape index (κ3) is 3.82. The minimum Gasteiger partial charge on any atom is -0.507 e. The molecule has 0 fully saturated rings. The largest absolute Gasteiger partial charge is 0.507 e. The summed E-state index contributed by atoms with van der Waals surface area (Å²) in [6.07, 6.45) is 1.40. The Balaban J connectivity index is 2.00. The van der Waals surface area contributed by atoms with Gasteiger partial charge in [0.2, 0.25) is 0 Å². The molecular formula is C16H17N3O2. The molecule has 5 nitrogen and oxygen atoms in total. The maximum Gasteiger partial charge on any atom is 0.271 e. The van der Waals surface area contributed by atoms with Crippen molar-refractivity contribution >= 4 is 17.8 Å². The molecule has 1 amide bonds. The molecule has 0 radical (unpaired) electrons. The molecule has 0 atom stereocenters. The van der Waals surface area contributed by atoms with Crippen LogP contribution in [-0.2, 0) is 0 Å². The zero-order chi connectivity index (χ0) is 15.2. The lowest BCUT2D eigenvalue weighted by Crippen LogP contribution is -2.17. The second-order valence-corrected chi connectivity index (χ2v) is 4.70. The van der Waals surface area contributed by atoms with Gasteiger partial charge < -0.3 is 10.0 Å². The number of para-hydroxylation sites is 1. The molecule has 0 saturated carbocycles. The molecule has 2 N–H and O–H groups in total. The van der Waals surface area contributed by atoms with Crippen molar-refractivity contribution in [3.05, 3.63) is 59.7 Å². The van der Waals surface area contributed by atoms with Gasteiger partial charge >= 0.3 is 0 Å². The fourth-order valence-electron chi connectivity index (χ4n) is 1.73. The van der Waals surface area contributed by atoms with Crippen LogP contribution in [0, 0.1) is 0 Å². The number of anilines is 1. The second kappa shape index (κ2) is 6.56. The van der Waals surface area contributed by atoms with Crippen LogP contribution in [-0.4, -0.2) is 31.3 Å². The lowest BCUT2D eigenvalue weighted by molar-refractivity contribution is 0.0955. The summed E-state index contributed by atoms with van der Waals surface area (Å²) in [4.78, 5) is 13.9. The molecule has 2 aromatic carbocycles. The van der Waals surface area contributed by atoms with E-state index in [1.165, 1.54) is 6.21 Å². The fourth-order valence-corrected chi connectivity index (χ4v) is 1.73. The molecule has 0 bridgehead atoms. The number of hydrazone groups is 1. The third-order valence-electron chi connectivity index (χ3n) is 2.95. The van der Waals surface area contributed by atoms with E-state index in [-0.39, 0.29) is 11.7 Å². The molecule has 0 aliphatic rings. The maximum absolute atomic E-state index is 11.9. The average molecular weight is 283 g/mol. The van der Waals surface area contributed by atoms with Crippen molar-refractivity contribution in [1.82, 2.24) is 5.43 Å². The van der Waals surface area contributed by atoms with Gasteiger partial charge in [0.15, 0.2) is 0 Å². The molecule has 0 aliphatic carbocycles. The zero-order valence-electron chi connectivity index (χ0n) is 11.9. The van der Waals surface area contributed by atoms with Crippen LogP contribution in [0.15, 0.2) is 53.6 Å². The first-order valence-electron chi connectivity index (χ1n) is 6.46. The van der Waals surface area contributed by atoms with Crippen LogP contribution in [0.25, 0.3) is 0 Å². The van der Waals surface area contributed by atoms with Crippen LogP contribution in [0.2, 0.25) is 0 Å². The first-order chi connectivity index (χ1) is 10.1. The van der Waals surface area contributed by atoms with Crippen molar-refractivity contribution in [1.29, 1.82) is 0 Å². The molecule has 108 valence electrons. The van der Waals surface area contributed by atoms with Gasteiger partial charge in [0.25, 0.3) is 5.91 Å². The van der Waals surface area contributed by atoms with Crippen molar-refractivity contribution in [3.63, 3.8) is 0 Å². The molecule has 5 heteroatoms. The van der Waals surface area contributed by atoms with E-state index in [0.717, 1.165) is 5.69 Å². The Morgan fingerprint density at radius 1 is 1.14 bits per heavy atom. The van der Waals surface area contributed by atoms with Crippen LogP contribution in [0.4, 0.5) is 5.69 Å². The van der Waals surface area contributed by atoms with Gasteiger partial charge in [-0.1, -0.05) is 12.1 Å². The van der Waals surface area contributed by atoms with Gasteiger partial charge in [-0.3, -0.25) is 4.79 Å². The summed E-state index contributed by atoms with van der Waals surface area (Å²) >= 11 is 0. The van der Waals surface area contributed by atoms with E-state index >= 15 is 0 Å². The van der Waals surface area contributed by atoms with E-state index in [1.807, 2.05) is 31.1 Å². The molecule has 0 heterocycles. The first-order valence-corrected chi connectivity index (χ1v) is 6.46. The van der Waals surface area contributed by atoms with E-state index in [9.17, 15) is 9.90 Å². The number of aromatic hydroxyl groups is 1. The average Bonchev–Trinajstić information content (AvgIpc) is 2.49. The molecule has 0 unspecified atom stereocenters. The van der Waals surface area contributed by atoms with Gasteiger partial charge in [0, 0.05) is 30.9 Å². The SMILES string of the molecule is CN(C)c1ccc(C(=O)NN=Cc2ccccc2O)cc1. The number of phenols is 1. The summed E-state index contributed by atoms with van der Waals surface area (Å²) in [6, 6.07) is 14.0. The highest BCUT2D eigenvalue weighted by molar-refractivity contribution is 5.95. The van der Waals surface area contributed by atoms with Gasteiger partial charge in [-0.15, -0.1) is 0 Å². The van der Waals surface area contributed by atoms with Crippen LogP contribution in [0.5, 0.6) is 5.75 Å². The number of hydrogen-bond donors (Lipinski definition) is 2. The number of benzene rings is 2. The smallest absolute Gasteiger partial charge is 0.271 e. The van der Waals surface area contributed by atoms with Gasteiger partial charge in [0.05, 0.1) is 6.21 Å². The minimum absolute atomic E-state index is 0.117. The highest BCUT2D eigenvalue weighted by Gasteiger charge is 2.04. The summed E-state index contributed by atoms with van der Waals surface area (Å²) in [6.45, 7) is 0. The quantitative estimate of drug-likeness (QED) is 0.668. The molecule has 21 heavy (non-hydrogen) atoms. The fraction of sp³-hybridized carbons (Fsp3) is 0.125. The van der Waals surface area contributed by atoms with Gasteiger partial charge in [-0.25, -0.2) is 5.43 Å². The van der Waals surface area contributed by atoms with Crippen molar-refractivity contribution in [2.45, 2.75) is 0 Å². The predicted molar refractivity (Wildman–Crippen MR) is 83.9 cm³/mol. The lowest BCUT2D eigenvalue weighted by atomic mass is 10.2. The molecule has 0 spiro atoms. The molecule has 2 rings (SSSR count). The molecular weight excluding hydrogens is 266 g/mol. The van der Waals surface area contributed by atoms with E-state index < -0.39 is 0 Å². The Morgan fingerprint density at radius 2 is 1.81 bits per heavy atom. The third-order valence-corrected chi connectivity index (χ3v) is 2.95. The minimum atomic E-state index is -0.299. The normalized spacial score (nSPS) is 10.6. The Hall–Kier alpha value is -2.82. The van der Waals surface area contributed by atoms with Crippen molar-refractivity contribution in [3.8, 4) is 5.75 Å². The number of nitrogens with zero attached hydrogens (tertiary/aromatic N) is 2. The monoisotopic (exact) mass is 283 g/mol. The summed E-state index contributed by atoms with van der Waals surface area (Å²) in [5.41, 5.74) is 4.51. The highest BCUT2D eigenvalue weighted by Crippen LogP contribution is 2.13. The number of hydrogen-bond acceptors (Lipinski definition) is 4. The first kappa shape index (κ1) is 14.6.